The van der Waals surface area contributed by atoms with Gasteiger partial charge in [-0.2, -0.15) is 0 Å². The van der Waals surface area contributed by atoms with Crippen LogP contribution in [-0.2, 0) is 10.3 Å². The van der Waals surface area contributed by atoms with Crippen molar-refractivity contribution < 1.29 is 24.5 Å². The Hall–Kier alpha value is -4.13. The Balaban J connectivity index is 0.000000307. The molecule has 5 rings (SSSR count). The van der Waals surface area contributed by atoms with E-state index in [9.17, 15) is 15.0 Å². The van der Waals surface area contributed by atoms with Crippen LogP contribution in [0.1, 0.15) is 27.0 Å². The third-order valence-electron chi connectivity index (χ3n) is 5.04. The predicted octanol–water partition coefficient (Wildman–Crippen LogP) is 4.45. The summed E-state index contributed by atoms with van der Waals surface area (Å²) < 4.78 is 11.8. The van der Waals surface area contributed by atoms with E-state index in [1.807, 2.05) is 12.1 Å². The second-order valence-electron chi connectivity index (χ2n) is 6.93. The number of nitrogens with zero attached hydrogens (tertiary/aromatic N) is 1. The quantitative estimate of drug-likeness (QED) is 0.137. The highest BCUT2D eigenvalue weighted by molar-refractivity contribution is 7.78. The second kappa shape index (κ2) is 8.55. The topological polar surface area (TPSA) is 100 Å². The molecule has 1 spiro atoms. The van der Waals surface area contributed by atoms with E-state index in [2.05, 4.69) is 34.5 Å². The van der Waals surface area contributed by atoms with Gasteiger partial charge in [-0.1, -0.05) is 24.3 Å². The number of isothiocyanates is 1. The van der Waals surface area contributed by atoms with Gasteiger partial charge in [-0.05, 0) is 42.5 Å². The minimum Gasteiger partial charge on any atom is -0.508 e. The molecule has 32 heavy (non-hydrogen) atoms. The van der Waals surface area contributed by atoms with Gasteiger partial charge in [0.2, 0.25) is 0 Å². The number of nitrogens with one attached hydrogen (secondary N) is 1. The van der Waals surface area contributed by atoms with Gasteiger partial charge in [-0.3, -0.25) is 5.43 Å². The number of carbonyl (C=O) groups excluding carboxylic acids is 1. The largest absolute Gasteiger partial charge is 0.508 e. The molecule has 3 aromatic carbocycles. The molecule has 2 aliphatic heterocycles. The number of benzene rings is 3. The number of hydrogen-bond acceptors (Lipinski definition) is 8. The third-order valence-corrected chi connectivity index (χ3v) is 5.13. The van der Waals surface area contributed by atoms with Crippen molar-refractivity contribution in [1.29, 1.82) is 0 Å². The van der Waals surface area contributed by atoms with E-state index < -0.39 is 11.6 Å². The summed E-state index contributed by atoms with van der Waals surface area (Å²) in [5.41, 5.74) is 3.86. The number of hydrogen-bond donors (Lipinski definition) is 3. The summed E-state index contributed by atoms with van der Waals surface area (Å²) in [6.45, 7) is 4.09. The van der Waals surface area contributed by atoms with E-state index in [1.165, 1.54) is 24.3 Å². The number of phenols is 2. The number of esters is 1. The molecule has 0 fully saturated rings. The molecular weight excluding hydrogens is 428 g/mol. The van der Waals surface area contributed by atoms with Crippen LogP contribution in [0.3, 0.4) is 0 Å². The Labute approximate surface area is 189 Å². The summed E-state index contributed by atoms with van der Waals surface area (Å²) >= 11 is 4.25. The Morgan fingerprint density at radius 2 is 1.66 bits per heavy atom. The minimum absolute atomic E-state index is 0.0371. The molecule has 0 saturated heterocycles. The summed E-state index contributed by atoms with van der Waals surface area (Å²) in [5.74, 6) is 0.408. The van der Waals surface area contributed by atoms with Gasteiger partial charge in [-0.25, -0.2) is 4.79 Å². The maximum Gasteiger partial charge on any atom is 0.340 e. The van der Waals surface area contributed by atoms with Gasteiger partial charge in [0.05, 0.1) is 17.3 Å². The summed E-state index contributed by atoms with van der Waals surface area (Å²) in [6.07, 6.45) is 1.69. The molecule has 0 atom stereocenters. The highest BCUT2D eigenvalue weighted by atomic mass is 32.1. The van der Waals surface area contributed by atoms with Gasteiger partial charge in [0, 0.05) is 28.8 Å². The number of aromatic hydroxyl groups is 2. The van der Waals surface area contributed by atoms with Crippen molar-refractivity contribution in [1.82, 2.24) is 5.43 Å². The van der Waals surface area contributed by atoms with Crippen LogP contribution in [0.2, 0.25) is 0 Å². The average molecular weight is 446 g/mol. The summed E-state index contributed by atoms with van der Waals surface area (Å²) in [5, 5.41) is 25.2. The molecule has 0 aliphatic carbocycles. The van der Waals surface area contributed by atoms with Crippen molar-refractivity contribution in [3.63, 3.8) is 0 Å². The molecule has 2 heterocycles. The lowest BCUT2D eigenvalue weighted by atomic mass is 9.77. The highest BCUT2D eigenvalue weighted by Gasteiger charge is 2.53. The van der Waals surface area contributed by atoms with Gasteiger partial charge in [0.15, 0.2) is 5.60 Å². The molecule has 0 saturated carbocycles. The van der Waals surface area contributed by atoms with Crippen molar-refractivity contribution in [2.24, 2.45) is 5.10 Å². The molecule has 0 amide bonds. The maximum atomic E-state index is 12.5. The van der Waals surface area contributed by atoms with Gasteiger partial charge in [0.25, 0.3) is 0 Å². The first kappa shape index (κ1) is 21.1. The van der Waals surface area contributed by atoms with Gasteiger partial charge >= 0.3 is 5.97 Å². The number of rotatable bonds is 3. The molecule has 8 heteroatoms. The summed E-state index contributed by atoms with van der Waals surface area (Å²) in [6, 6.07) is 16.6. The number of carbonyl (C=O) groups is 1. The molecular formula is C24H18N2O5S. The van der Waals surface area contributed by atoms with E-state index >= 15 is 0 Å². The van der Waals surface area contributed by atoms with E-state index in [0.29, 0.717) is 40.3 Å². The van der Waals surface area contributed by atoms with Crippen LogP contribution < -0.4 is 10.2 Å². The Kier molecular flexibility index (Phi) is 5.64. The number of thiocarbonyl (C=S) groups is 1. The van der Waals surface area contributed by atoms with Crippen molar-refractivity contribution in [3.05, 3.63) is 95.6 Å². The standard InChI is InChI=1S/C20H12O5.C4H6N2S/c21-11-5-7-15-17(9-11)24-18-10-12(22)6-8-16(18)20(15)14-4-2-1-3-13(14)19(23)25-20;1-2-3-5-6-4-7/h1-10,21-22H;2,5H,1,3H2. The molecule has 3 aromatic rings. The van der Waals surface area contributed by atoms with E-state index in [4.69, 9.17) is 9.47 Å². The SMILES string of the molecule is C=CCNN=C=S.O=C1OC2(c3ccc(O)cc3Oc3cc(O)ccc32)c2ccccc21. The van der Waals surface area contributed by atoms with Crippen LogP contribution in [-0.4, -0.2) is 27.9 Å². The third kappa shape index (κ3) is 3.47. The molecule has 2 aliphatic rings. The molecule has 0 aromatic heterocycles. The smallest absolute Gasteiger partial charge is 0.340 e. The van der Waals surface area contributed by atoms with Crippen LogP contribution in [0.4, 0.5) is 0 Å². The number of fused-ring (bicyclic) bond motifs is 6. The van der Waals surface area contributed by atoms with Crippen LogP contribution >= 0.6 is 12.2 Å². The lowest BCUT2D eigenvalue weighted by Gasteiger charge is -2.36. The van der Waals surface area contributed by atoms with Crippen molar-refractivity contribution in [3.8, 4) is 23.0 Å². The maximum absolute atomic E-state index is 12.5. The zero-order chi connectivity index (χ0) is 22.7. The Morgan fingerprint density at radius 1 is 1.03 bits per heavy atom. The van der Waals surface area contributed by atoms with Gasteiger partial charge < -0.3 is 19.7 Å². The molecule has 0 radical (unpaired) electrons. The molecule has 0 bridgehead atoms. The zero-order valence-corrected chi connectivity index (χ0v) is 17.6. The monoisotopic (exact) mass is 446 g/mol. The molecule has 3 N–H and O–H groups in total. The van der Waals surface area contributed by atoms with Crippen LogP contribution in [0.15, 0.2) is 78.4 Å². The number of hydrazone groups is 1. The predicted molar refractivity (Wildman–Crippen MR) is 121 cm³/mol. The second-order valence-corrected chi connectivity index (χ2v) is 7.12. The van der Waals surface area contributed by atoms with Crippen LogP contribution in [0, 0.1) is 0 Å². The van der Waals surface area contributed by atoms with Crippen LogP contribution in [0.25, 0.3) is 0 Å². The minimum atomic E-state index is -1.17. The number of phenolic OH excluding ortho intramolecular Hbond substituents is 2. The van der Waals surface area contributed by atoms with E-state index in [0.717, 1.165) is 0 Å². The van der Waals surface area contributed by atoms with Crippen molar-refractivity contribution >= 4 is 23.3 Å². The van der Waals surface area contributed by atoms with E-state index in [1.54, 1.807) is 30.3 Å². The first-order valence-electron chi connectivity index (χ1n) is 9.59. The first-order chi connectivity index (χ1) is 15.5. The van der Waals surface area contributed by atoms with E-state index in [-0.39, 0.29) is 11.5 Å². The summed E-state index contributed by atoms with van der Waals surface area (Å²) in [4.78, 5) is 12.5. The molecule has 160 valence electrons. The Morgan fingerprint density at radius 3 is 2.25 bits per heavy atom. The molecule has 7 nitrogen and oxygen atoms in total. The Bertz CT molecular complexity index is 1220. The average Bonchev–Trinajstić information content (AvgIpc) is 3.07. The lowest BCUT2D eigenvalue weighted by Crippen LogP contribution is -2.32. The van der Waals surface area contributed by atoms with Gasteiger partial charge in [-0.15, -0.1) is 11.7 Å². The molecule has 0 unspecified atom stereocenters. The fraction of sp³-hybridized carbons (Fsp3) is 0.0833. The normalized spacial score (nSPS) is 13.7. The van der Waals surface area contributed by atoms with Crippen LogP contribution in [0.5, 0.6) is 23.0 Å². The number of ether oxygens (including phenoxy) is 2. The fourth-order valence-electron chi connectivity index (χ4n) is 3.80. The highest BCUT2D eigenvalue weighted by Crippen LogP contribution is 2.56. The fourth-order valence-corrected chi connectivity index (χ4v) is 3.86. The van der Waals surface area contributed by atoms with Gasteiger partial charge in [0.1, 0.15) is 23.0 Å². The van der Waals surface area contributed by atoms with Crippen molar-refractivity contribution in [2.45, 2.75) is 5.60 Å². The zero-order valence-electron chi connectivity index (χ0n) is 16.7. The first-order valence-corrected chi connectivity index (χ1v) is 10.0. The lowest BCUT2D eigenvalue weighted by molar-refractivity contribution is 0.0224. The summed E-state index contributed by atoms with van der Waals surface area (Å²) in [7, 11) is 0. The van der Waals surface area contributed by atoms with Crippen molar-refractivity contribution in [2.75, 3.05) is 6.54 Å².